The number of rotatable bonds is 11. The van der Waals surface area contributed by atoms with Crippen LogP contribution in [0.3, 0.4) is 0 Å². The number of fused-ring (bicyclic) bond motifs is 2. The van der Waals surface area contributed by atoms with Crippen LogP contribution in [0, 0.1) is 5.92 Å². The standard InChI is InChI=1S/C38H36N4O5/c1-27(11-10-18-35(44)40(21-22-43)25-28-12-4-2-5-13-28)38(47)33-23-31(42-36(45)32-17-9-8-16-30(32)24-39-42)19-20-34(33)41(37(38)46)26-29-14-6-3-7-15-29/h2-17,19-20,23-24,27,43,47H,18,21-22,25-26H2,1H3/b11-10+/t27-,38+/m1/s1. The van der Waals surface area contributed by atoms with E-state index in [1.54, 1.807) is 65.4 Å². The SMILES string of the molecule is C[C@H](/C=C/CC(=O)N(CCO)Cc1ccccc1)[C@@]1(O)C(=O)N(Cc2ccccc2)c2ccc(-n3ncc4ccccc4c3=O)cc21. The highest BCUT2D eigenvalue weighted by Gasteiger charge is 2.52. The summed E-state index contributed by atoms with van der Waals surface area (Å²) < 4.78 is 1.27. The molecule has 5 aromatic rings. The highest BCUT2D eigenvalue weighted by molar-refractivity contribution is 6.07. The van der Waals surface area contributed by atoms with E-state index in [0.717, 1.165) is 11.1 Å². The first-order valence-electron chi connectivity index (χ1n) is 15.6. The van der Waals surface area contributed by atoms with Crippen LogP contribution < -0.4 is 10.5 Å². The first kappa shape index (κ1) is 31.6. The first-order chi connectivity index (χ1) is 22.8. The van der Waals surface area contributed by atoms with Crippen molar-refractivity contribution in [2.45, 2.75) is 32.0 Å². The third kappa shape index (κ3) is 6.23. The van der Waals surface area contributed by atoms with E-state index in [1.807, 2.05) is 72.8 Å². The molecule has 2 N–H and O–H groups in total. The molecule has 0 fully saturated rings. The Morgan fingerprint density at radius 2 is 1.62 bits per heavy atom. The topological polar surface area (TPSA) is 116 Å². The van der Waals surface area contributed by atoms with Gasteiger partial charge in [0.1, 0.15) is 0 Å². The molecule has 9 nitrogen and oxygen atoms in total. The number of aromatic nitrogens is 2. The Morgan fingerprint density at radius 3 is 2.34 bits per heavy atom. The number of benzene rings is 4. The fraction of sp³-hybridized carbons (Fsp3) is 0.211. The zero-order valence-electron chi connectivity index (χ0n) is 26.1. The number of hydrogen-bond acceptors (Lipinski definition) is 6. The van der Waals surface area contributed by atoms with Crippen LogP contribution in [0.5, 0.6) is 0 Å². The second-order valence-electron chi connectivity index (χ2n) is 11.7. The van der Waals surface area contributed by atoms with Gasteiger partial charge in [-0.15, -0.1) is 0 Å². The van der Waals surface area contributed by atoms with Gasteiger partial charge in [0.05, 0.1) is 36.1 Å². The average molecular weight is 629 g/mol. The summed E-state index contributed by atoms with van der Waals surface area (Å²) in [6, 6.07) is 31.4. The van der Waals surface area contributed by atoms with Crippen LogP contribution in [0.4, 0.5) is 5.69 Å². The fourth-order valence-electron chi connectivity index (χ4n) is 6.12. The summed E-state index contributed by atoms with van der Waals surface area (Å²) in [6.45, 7) is 2.36. The molecule has 0 aliphatic carbocycles. The van der Waals surface area contributed by atoms with Crippen molar-refractivity contribution in [1.82, 2.24) is 14.7 Å². The van der Waals surface area contributed by atoms with Crippen molar-refractivity contribution in [1.29, 1.82) is 0 Å². The predicted octanol–water partition coefficient (Wildman–Crippen LogP) is 4.72. The quantitative estimate of drug-likeness (QED) is 0.205. The van der Waals surface area contributed by atoms with Gasteiger partial charge in [-0.25, -0.2) is 0 Å². The van der Waals surface area contributed by atoms with Gasteiger partial charge in [-0.1, -0.05) is 97.9 Å². The van der Waals surface area contributed by atoms with E-state index in [9.17, 15) is 24.6 Å². The molecule has 2 amide bonds. The summed E-state index contributed by atoms with van der Waals surface area (Å²) in [4.78, 5) is 43.9. The third-order valence-corrected chi connectivity index (χ3v) is 8.69. The van der Waals surface area contributed by atoms with Crippen molar-refractivity contribution in [2.24, 2.45) is 5.92 Å². The van der Waals surface area contributed by atoms with E-state index < -0.39 is 17.4 Å². The van der Waals surface area contributed by atoms with Gasteiger partial charge in [0.25, 0.3) is 11.5 Å². The van der Waals surface area contributed by atoms with E-state index >= 15 is 0 Å². The van der Waals surface area contributed by atoms with Crippen LogP contribution in [0.1, 0.15) is 30.0 Å². The molecule has 2 atom stereocenters. The minimum atomic E-state index is -1.98. The molecule has 0 radical (unpaired) electrons. The number of aliphatic hydroxyl groups is 2. The van der Waals surface area contributed by atoms with Crippen LogP contribution in [0.15, 0.2) is 126 Å². The molecule has 0 saturated heterocycles. The van der Waals surface area contributed by atoms with Gasteiger partial charge in [0.15, 0.2) is 5.60 Å². The van der Waals surface area contributed by atoms with Crippen molar-refractivity contribution in [3.8, 4) is 5.69 Å². The van der Waals surface area contributed by atoms with Gasteiger partial charge in [0, 0.05) is 36.4 Å². The second kappa shape index (κ2) is 13.5. The molecule has 1 aliphatic heterocycles. The maximum atomic E-state index is 14.2. The van der Waals surface area contributed by atoms with Crippen molar-refractivity contribution in [3.63, 3.8) is 0 Å². The molecule has 47 heavy (non-hydrogen) atoms. The Balaban J connectivity index is 1.32. The summed E-state index contributed by atoms with van der Waals surface area (Å²) in [5.74, 6) is -1.42. The minimum Gasteiger partial charge on any atom is -0.395 e. The van der Waals surface area contributed by atoms with E-state index in [0.29, 0.717) is 34.3 Å². The summed E-state index contributed by atoms with van der Waals surface area (Å²) in [7, 11) is 0. The van der Waals surface area contributed by atoms with Crippen molar-refractivity contribution >= 4 is 28.3 Å². The molecule has 2 heterocycles. The van der Waals surface area contributed by atoms with Gasteiger partial charge in [-0.05, 0) is 35.4 Å². The highest BCUT2D eigenvalue weighted by Crippen LogP contribution is 2.46. The van der Waals surface area contributed by atoms with Crippen molar-refractivity contribution < 1.29 is 19.8 Å². The molecule has 1 aromatic heterocycles. The lowest BCUT2D eigenvalue weighted by atomic mass is 9.82. The first-order valence-corrected chi connectivity index (χ1v) is 15.6. The molecule has 0 unspecified atom stereocenters. The van der Waals surface area contributed by atoms with Gasteiger partial charge < -0.3 is 20.0 Å². The highest BCUT2D eigenvalue weighted by atomic mass is 16.3. The number of aliphatic hydroxyl groups excluding tert-OH is 1. The van der Waals surface area contributed by atoms with Gasteiger partial charge in [0.2, 0.25) is 5.91 Å². The largest absolute Gasteiger partial charge is 0.395 e. The molecule has 1 aliphatic rings. The smallest absolute Gasteiger partial charge is 0.279 e. The van der Waals surface area contributed by atoms with E-state index in [4.69, 9.17) is 0 Å². The summed E-state index contributed by atoms with van der Waals surface area (Å²) >= 11 is 0. The Labute approximate surface area is 272 Å². The molecule has 238 valence electrons. The van der Waals surface area contributed by atoms with Crippen molar-refractivity contribution in [2.75, 3.05) is 18.1 Å². The minimum absolute atomic E-state index is 0.0263. The normalized spacial score (nSPS) is 16.5. The van der Waals surface area contributed by atoms with E-state index in [1.165, 1.54) is 4.68 Å². The number of carbonyl (C=O) groups is 2. The molecule has 4 aromatic carbocycles. The molecule has 9 heteroatoms. The zero-order valence-corrected chi connectivity index (χ0v) is 26.1. The van der Waals surface area contributed by atoms with Crippen LogP contribution in [0.2, 0.25) is 0 Å². The molecule has 0 spiro atoms. The van der Waals surface area contributed by atoms with E-state index in [-0.39, 0.29) is 37.6 Å². The Bertz CT molecular complexity index is 1990. The Morgan fingerprint density at radius 1 is 0.936 bits per heavy atom. The van der Waals surface area contributed by atoms with Gasteiger partial charge >= 0.3 is 0 Å². The predicted molar refractivity (Wildman–Crippen MR) is 181 cm³/mol. The summed E-state index contributed by atoms with van der Waals surface area (Å²) in [5.41, 5.74) is 0.854. The number of hydrogen-bond donors (Lipinski definition) is 2. The third-order valence-electron chi connectivity index (χ3n) is 8.69. The average Bonchev–Trinajstić information content (AvgIpc) is 3.31. The zero-order chi connectivity index (χ0) is 33.0. The van der Waals surface area contributed by atoms with Gasteiger partial charge in [-0.2, -0.15) is 9.78 Å². The van der Waals surface area contributed by atoms with E-state index in [2.05, 4.69) is 5.10 Å². The summed E-state index contributed by atoms with van der Waals surface area (Å²) in [5, 5.41) is 27.5. The second-order valence-corrected chi connectivity index (χ2v) is 11.7. The number of nitrogens with zero attached hydrogens (tertiary/aromatic N) is 4. The Kier molecular flexibility index (Phi) is 9.10. The lowest BCUT2D eigenvalue weighted by Gasteiger charge is -2.28. The fourth-order valence-corrected chi connectivity index (χ4v) is 6.12. The van der Waals surface area contributed by atoms with Crippen LogP contribution >= 0.6 is 0 Å². The maximum absolute atomic E-state index is 14.2. The van der Waals surface area contributed by atoms with Crippen LogP contribution in [0.25, 0.3) is 16.5 Å². The number of amides is 2. The van der Waals surface area contributed by atoms with Gasteiger partial charge in [-0.3, -0.25) is 14.4 Å². The molecule has 0 bridgehead atoms. The maximum Gasteiger partial charge on any atom is 0.279 e. The summed E-state index contributed by atoms with van der Waals surface area (Å²) in [6.07, 6.45) is 4.98. The molecule has 0 saturated carbocycles. The Hall–Kier alpha value is -5.38. The molecular weight excluding hydrogens is 592 g/mol. The molecule has 6 rings (SSSR count). The molecular formula is C38H36N4O5. The van der Waals surface area contributed by atoms with Crippen LogP contribution in [-0.2, 0) is 28.3 Å². The number of anilines is 1. The lowest BCUT2D eigenvalue weighted by Crippen LogP contribution is -2.44. The van der Waals surface area contributed by atoms with Crippen LogP contribution in [-0.4, -0.2) is 49.9 Å². The van der Waals surface area contributed by atoms with Crippen molar-refractivity contribution in [3.05, 3.63) is 149 Å². The lowest BCUT2D eigenvalue weighted by molar-refractivity contribution is -0.139. The number of carbonyl (C=O) groups excluding carboxylic acids is 2. The monoisotopic (exact) mass is 628 g/mol.